The predicted molar refractivity (Wildman–Crippen MR) is 133 cm³/mol. The van der Waals surface area contributed by atoms with Gasteiger partial charge in [0.2, 0.25) is 10.0 Å². The smallest absolute Gasteiger partial charge is 0.321 e. The molecule has 3 rings (SSSR count). The van der Waals surface area contributed by atoms with E-state index in [0.717, 1.165) is 5.56 Å². The van der Waals surface area contributed by atoms with Gasteiger partial charge < -0.3 is 9.47 Å². The van der Waals surface area contributed by atoms with Crippen LogP contribution in [0.25, 0.3) is 0 Å². The molecule has 9 nitrogen and oxygen atoms in total. The van der Waals surface area contributed by atoms with E-state index >= 15 is 0 Å². The van der Waals surface area contributed by atoms with Gasteiger partial charge in [-0.2, -0.15) is 4.31 Å². The highest BCUT2D eigenvalue weighted by Crippen LogP contribution is 2.17. The first-order chi connectivity index (χ1) is 17.7. The lowest BCUT2D eigenvalue weighted by Crippen LogP contribution is -2.41. The lowest BCUT2D eigenvalue weighted by molar-refractivity contribution is -0.145. The first-order valence-electron chi connectivity index (χ1n) is 11.2. The number of hydrogen-bond acceptors (Lipinski definition) is 8. The fourth-order valence-electron chi connectivity index (χ4n) is 3.17. The number of carbonyl (C=O) groups is 4. The number of carbonyl (C=O) groups excluding carboxylic acids is 4. The van der Waals surface area contributed by atoms with Crippen LogP contribution < -0.4 is 0 Å². The number of Topliss-reactive ketones (excluding diaryl/α,β-unsaturated/α-hetero) is 2. The molecule has 0 aliphatic carbocycles. The summed E-state index contributed by atoms with van der Waals surface area (Å²) >= 11 is 0. The molecule has 0 heterocycles. The third-order valence-electron chi connectivity index (χ3n) is 5.19. The Morgan fingerprint density at radius 1 is 0.649 bits per heavy atom. The van der Waals surface area contributed by atoms with Gasteiger partial charge in [-0.05, 0) is 19.1 Å². The molecule has 0 saturated carbocycles. The second kappa shape index (κ2) is 12.7. The second-order valence-electron chi connectivity index (χ2n) is 7.99. The normalized spacial score (nSPS) is 11.1. The van der Waals surface area contributed by atoms with Crippen molar-refractivity contribution in [3.05, 3.63) is 102 Å². The van der Waals surface area contributed by atoms with Crippen LogP contribution in [0, 0.1) is 6.92 Å². The highest BCUT2D eigenvalue weighted by Gasteiger charge is 2.30. The van der Waals surface area contributed by atoms with Crippen molar-refractivity contribution in [2.75, 3.05) is 26.3 Å². The Labute approximate surface area is 214 Å². The van der Waals surface area contributed by atoms with Crippen molar-refractivity contribution in [1.82, 2.24) is 4.31 Å². The van der Waals surface area contributed by atoms with E-state index in [9.17, 15) is 27.6 Å². The maximum absolute atomic E-state index is 13.2. The molecule has 0 amide bonds. The minimum Gasteiger partial charge on any atom is -0.456 e. The summed E-state index contributed by atoms with van der Waals surface area (Å²) in [5.74, 6) is -3.01. The first-order valence-corrected chi connectivity index (χ1v) is 12.7. The molecule has 0 saturated heterocycles. The molecule has 0 spiro atoms. The molecule has 10 heteroatoms. The van der Waals surface area contributed by atoms with Gasteiger partial charge in [0.25, 0.3) is 0 Å². The van der Waals surface area contributed by atoms with Crippen molar-refractivity contribution in [3.63, 3.8) is 0 Å². The highest BCUT2D eigenvalue weighted by atomic mass is 32.2. The van der Waals surface area contributed by atoms with Crippen LogP contribution in [-0.2, 0) is 29.1 Å². The number of ether oxygens (including phenoxy) is 2. The third-order valence-corrected chi connectivity index (χ3v) is 7.00. The number of benzene rings is 3. The number of sulfonamides is 1. The molecule has 3 aromatic carbocycles. The van der Waals surface area contributed by atoms with Crippen molar-refractivity contribution in [1.29, 1.82) is 0 Å². The number of hydrogen-bond donors (Lipinski definition) is 0. The van der Waals surface area contributed by atoms with Crippen molar-refractivity contribution in [2.45, 2.75) is 11.8 Å². The Morgan fingerprint density at radius 2 is 1.05 bits per heavy atom. The molecule has 0 bridgehead atoms. The summed E-state index contributed by atoms with van der Waals surface area (Å²) in [5, 5.41) is 0. The summed E-state index contributed by atoms with van der Waals surface area (Å²) in [5.41, 5.74) is 1.46. The van der Waals surface area contributed by atoms with Crippen molar-refractivity contribution < 1.29 is 37.1 Å². The van der Waals surface area contributed by atoms with E-state index in [2.05, 4.69) is 0 Å². The van der Waals surface area contributed by atoms with Crippen molar-refractivity contribution >= 4 is 33.5 Å². The Kier molecular flexibility index (Phi) is 9.42. The molecule has 0 unspecified atom stereocenters. The van der Waals surface area contributed by atoms with Gasteiger partial charge in [0.05, 0.1) is 4.90 Å². The van der Waals surface area contributed by atoms with Crippen LogP contribution in [0.4, 0.5) is 0 Å². The minimum absolute atomic E-state index is 0.153. The largest absolute Gasteiger partial charge is 0.456 e. The summed E-state index contributed by atoms with van der Waals surface area (Å²) in [7, 11) is -4.33. The molecular formula is C27H25NO8S. The fourth-order valence-corrected chi connectivity index (χ4v) is 4.50. The molecular weight excluding hydrogens is 498 g/mol. The van der Waals surface area contributed by atoms with E-state index in [-0.39, 0.29) is 4.90 Å². The van der Waals surface area contributed by atoms with Gasteiger partial charge in [-0.3, -0.25) is 19.2 Å². The summed E-state index contributed by atoms with van der Waals surface area (Å²) in [6.45, 7) is -1.12. The predicted octanol–water partition coefficient (Wildman–Crippen LogP) is 2.84. The molecule has 37 heavy (non-hydrogen) atoms. The Bertz CT molecular complexity index is 1290. The van der Waals surface area contributed by atoms with Crippen molar-refractivity contribution in [2.24, 2.45) is 0 Å². The van der Waals surface area contributed by atoms with Gasteiger partial charge >= 0.3 is 11.9 Å². The van der Waals surface area contributed by atoms with E-state index in [1.807, 2.05) is 0 Å². The topological polar surface area (TPSA) is 124 Å². The zero-order valence-electron chi connectivity index (χ0n) is 20.0. The average Bonchev–Trinajstić information content (AvgIpc) is 2.91. The number of rotatable bonds is 12. The van der Waals surface area contributed by atoms with Crippen LogP contribution in [0.1, 0.15) is 26.3 Å². The SMILES string of the molecule is Cc1ccc(S(=O)(=O)N(CC(=O)OCC(=O)c2ccccc2)CC(=O)OCC(=O)c2ccccc2)cc1. The van der Waals surface area contributed by atoms with E-state index in [4.69, 9.17) is 9.47 Å². The van der Waals surface area contributed by atoms with Crippen LogP contribution in [0.15, 0.2) is 89.8 Å². The van der Waals surface area contributed by atoms with Crippen LogP contribution >= 0.6 is 0 Å². The van der Waals surface area contributed by atoms with Crippen molar-refractivity contribution in [3.8, 4) is 0 Å². The lowest BCUT2D eigenvalue weighted by Gasteiger charge is -2.20. The summed E-state index contributed by atoms with van der Waals surface area (Å²) in [6, 6.07) is 22.1. The summed E-state index contributed by atoms with van der Waals surface area (Å²) < 4.78 is 37.0. The second-order valence-corrected chi connectivity index (χ2v) is 9.92. The number of ketones is 2. The lowest BCUT2D eigenvalue weighted by atomic mass is 10.1. The van der Waals surface area contributed by atoms with Gasteiger partial charge in [0.15, 0.2) is 24.8 Å². The van der Waals surface area contributed by atoms with Gasteiger partial charge in [-0.25, -0.2) is 8.42 Å². The molecule has 0 aliphatic heterocycles. The molecule has 0 fully saturated rings. The van der Waals surface area contributed by atoms with Crippen LogP contribution in [-0.4, -0.2) is 62.5 Å². The minimum atomic E-state index is -4.33. The molecule has 0 aromatic heterocycles. The third kappa shape index (κ3) is 7.92. The van der Waals surface area contributed by atoms with Crippen LogP contribution in [0.3, 0.4) is 0 Å². The number of aryl methyl sites for hydroxylation is 1. The highest BCUT2D eigenvalue weighted by molar-refractivity contribution is 7.89. The molecule has 0 atom stereocenters. The van der Waals surface area contributed by atoms with E-state index < -0.39 is 59.8 Å². The number of esters is 2. The van der Waals surface area contributed by atoms with E-state index in [0.29, 0.717) is 15.4 Å². The van der Waals surface area contributed by atoms with Crippen LogP contribution in [0.5, 0.6) is 0 Å². The first kappa shape index (κ1) is 27.4. The zero-order chi connectivity index (χ0) is 26.8. The Balaban J connectivity index is 1.69. The fraction of sp³-hybridized carbons (Fsp3) is 0.185. The molecule has 192 valence electrons. The molecule has 3 aromatic rings. The molecule has 0 N–H and O–H groups in total. The van der Waals surface area contributed by atoms with Gasteiger partial charge in [0.1, 0.15) is 13.1 Å². The summed E-state index contributed by atoms with van der Waals surface area (Å²) in [4.78, 5) is 49.2. The Hall–Kier alpha value is -4.15. The monoisotopic (exact) mass is 523 g/mol. The van der Waals surface area contributed by atoms with E-state index in [1.54, 1.807) is 79.7 Å². The zero-order valence-corrected chi connectivity index (χ0v) is 20.8. The van der Waals surface area contributed by atoms with Gasteiger partial charge in [-0.1, -0.05) is 78.4 Å². The van der Waals surface area contributed by atoms with Gasteiger partial charge in [0, 0.05) is 11.1 Å². The molecule has 0 radical (unpaired) electrons. The maximum Gasteiger partial charge on any atom is 0.321 e. The average molecular weight is 524 g/mol. The Morgan fingerprint density at radius 3 is 1.46 bits per heavy atom. The van der Waals surface area contributed by atoms with E-state index in [1.165, 1.54) is 12.1 Å². The number of nitrogens with zero attached hydrogens (tertiary/aromatic N) is 1. The standard InChI is InChI=1S/C27H25NO8S/c1-20-12-14-23(15-13-20)37(33,34)28(16-26(31)35-18-24(29)21-8-4-2-5-9-21)17-27(32)36-19-25(30)22-10-6-3-7-11-22/h2-15H,16-19H2,1H3. The summed E-state index contributed by atoms with van der Waals surface area (Å²) in [6.07, 6.45) is 0. The van der Waals surface area contributed by atoms with Gasteiger partial charge in [-0.15, -0.1) is 0 Å². The quantitative estimate of drug-likeness (QED) is 0.262. The molecule has 0 aliphatic rings. The van der Waals surface area contributed by atoms with Crippen LogP contribution in [0.2, 0.25) is 0 Å². The maximum atomic E-state index is 13.2.